The lowest BCUT2D eigenvalue weighted by Gasteiger charge is -2.34. The number of allylic oxidation sites excluding steroid dienone is 1. The third-order valence-electron chi connectivity index (χ3n) is 6.83. The maximum absolute atomic E-state index is 13.5. The van der Waals surface area contributed by atoms with E-state index in [1.54, 1.807) is 24.5 Å². The summed E-state index contributed by atoms with van der Waals surface area (Å²) in [6.07, 6.45) is 3.38. The summed E-state index contributed by atoms with van der Waals surface area (Å²) in [5, 5.41) is 0.889. The molecule has 3 aromatic carbocycles. The van der Waals surface area contributed by atoms with Crippen LogP contribution in [0.3, 0.4) is 0 Å². The molecule has 37 heavy (non-hydrogen) atoms. The van der Waals surface area contributed by atoms with Crippen molar-refractivity contribution in [3.63, 3.8) is 0 Å². The first-order valence-corrected chi connectivity index (χ1v) is 12.7. The Morgan fingerprint density at radius 1 is 1.03 bits per heavy atom. The van der Waals surface area contributed by atoms with E-state index in [4.69, 9.17) is 9.15 Å². The van der Waals surface area contributed by atoms with Gasteiger partial charge in [-0.15, -0.1) is 0 Å². The predicted octanol–water partition coefficient (Wildman–Crippen LogP) is 6.39. The Bertz CT molecular complexity index is 1400. The summed E-state index contributed by atoms with van der Waals surface area (Å²) in [7, 11) is 0. The molecule has 6 heteroatoms. The largest absolute Gasteiger partial charge is 0.493 e. The molecule has 1 aliphatic heterocycles. The number of hydrogen-bond acceptors (Lipinski definition) is 4. The highest BCUT2D eigenvalue weighted by molar-refractivity contribution is 6.00. The number of nitrogens with zero attached hydrogens (tertiary/aromatic N) is 2. The van der Waals surface area contributed by atoms with Crippen LogP contribution in [0.4, 0.5) is 4.39 Å². The van der Waals surface area contributed by atoms with Gasteiger partial charge >= 0.3 is 0 Å². The molecule has 4 aromatic rings. The Morgan fingerprint density at radius 3 is 2.46 bits per heavy atom. The van der Waals surface area contributed by atoms with Gasteiger partial charge in [0.2, 0.25) is 5.91 Å². The van der Waals surface area contributed by atoms with Crippen LogP contribution in [0.15, 0.2) is 83.5 Å². The second-order valence-electron chi connectivity index (χ2n) is 9.35. The van der Waals surface area contributed by atoms with E-state index in [1.165, 1.54) is 17.7 Å². The van der Waals surface area contributed by atoms with Crippen LogP contribution in [0.2, 0.25) is 0 Å². The molecule has 0 radical (unpaired) electrons. The summed E-state index contributed by atoms with van der Waals surface area (Å²) in [4.78, 5) is 17.5. The third-order valence-corrected chi connectivity index (χ3v) is 6.83. The molecule has 0 saturated carbocycles. The molecule has 1 fully saturated rings. The number of carbonyl (C=O) groups excluding carboxylic acids is 1. The van der Waals surface area contributed by atoms with Crippen LogP contribution in [-0.4, -0.2) is 48.5 Å². The second kappa shape index (κ2) is 11.0. The van der Waals surface area contributed by atoms with Crippen LogP contribution in [0, 0.1) is 5.82 Å². The van der Waals surface area contributed by atoms with Crippen LogP contribution >= 0.6 is 0 Å². The van der Waals surface area contributed by atoms with Crippen LogP contribution in [0.1, 0.15) is 25.0 Å². The van der Waals surface area contributed by atoms with E-state index in [1.807, 2.05) is 36.9 Å². The molecule has 0 atom stereocenters. The number of ether oxygens (including phenoxy) is 1. The number of rotatable bonds is 7. The molecule has 2 heterocycles. The first kappa shape index (κ1) is 24.8. The molecule has 5 nitrogen and oxygen atoms in total. The van der Waals surface area contributed by atoms with Crippen molar-refractivity contribution in [2.45, 2.75) is 20.4 Å². The lowest BCUT2D eigenvalue weighted by atomic mass is 9.99. The van der Waals surface area contributed by atoms with Gasteiger partial charge in [-0.2, -0.15) is 0 Å². The quantitative estimate of drug-likeness (QED) is 0.277. The van der Waals surface area contributed by atoms with Gasteiger partial charge in [0.05, 0.1) is 12.9 Å². The van der Waals surface area contributed by atoms with Gasteiger partial charge in [-0.25, -0.2) is 4.39 Å². The Hall–Kier alpha value is -3.90. The smallest absolute Gasteiger partial charge is 0.246 e. The normalized spacial score (nSPS) is 14.8. The van der Waals surface area contributed by atoms with Gasteiger partial charge in [0.15, 0.2) is 0 Å². The van der Waals surface area contributed by atoms with Crippen molar-refractivity contribution >= 4 is 22.4 Å². The fourth-order valence-electron chi connectivity index (χ4n) is 4.81. The van der Waals surface area contributed by atoms with E-state index in [0.29, 0.717) is 31.0 Å². The number of hydrogen-bond donors (Lipinski definition) is 0. The fraction of sp³-hybridized carbons (Fsp3) is 0.258. The Morgan fingerprint density at radius 2 is 1.76 bits per heavy atom. The fourth-order valence-corrected chi connectivity index (χ4v) is 4.81. The minimum atomic E-state index is -0.283. The summed E-state index contributed by atoms with van der Waals surface area (Å²) >= 11 is 0. The number of fused-ring (bicyclic) bond motifs is 1. The molecule has 5 rings (SSSR count). The Kier molecular flexibility index (Phi) is 7.37. The minimum absolute atomic E-state index is 0.00496. The van der Waals surface area contributed by atoms with Gasteiger partial charge in [0.25, 0.3) is 0 Å². The van der Waals surface area contributed by atoms with E-state index in [-0.39, 0.29) is 11.7 Å². The average Bonchev–Trinajstić information content (AvgIpc) is 3.32. The van der Waals surface area contributed by atoms with Crippen molar-refractivity contribution < 1.29 is 18.3 Å². The number of furan rings is 1. The molecule has 0 spiro atoms. The molecular weight excluding hydrogens is 467 g/mol. The van der Waals surface area contributed by atoms with Crippen molar-refractivity contribution in [3.8, 4) is 16.9 Å². The molecule has 0 unspecified atom stereocenters. The topological polar surface area (TPSA) is 45.9 Å². The first-order chi connectivity index (χ1) is 18.0. The lowest BCUT2D eigenvalue weighted by molar-refractivity contribution is -0.127. The van der Waals surface area contributed by atoms with Crippen molar-refractivity contribution in [3.05, 3.63) is 96.0 Å². The number of benzene rings is 3. The highest BCUT2D eigenvalue weighted by atomic mass is 19.1. The zero-order valence-electron chi connectivity index (χ0n) is 21.2. The van der Waals surface area contributed by atoms with Crippen molar-refractivity contribution in [1.29, 1.82) is 0 Å². The molecule has 0 N–H and O–H groups in total. The number of piperazine rings is 1. The molecule has 1 saturated heterocycles. The molecule has 0 bridgehead atoms. The van der Waals surface area contributed by atoms with Gasteiger partial charge in [-0.05, 0) is 48.7 Å². The molecule has 190 valence electrons. The zero-order valence-corrected chi connectivity index (χ0v) is 21.2. The monoisotopic (exact) mass is 498 g/mol. The maximum atomic E-state index is 13.5. The summed E-state index contributed by atoms with van der Waals surface area (Å²) in [5.41, 5.74) is 5.37. The minimum Gasteiger partial charge on any atom is -0.493 e. The number of halogens is 1. The molecule has 1 amide bonds. The number of amides is 1. The van der Waals surface area contributed by atoms with E-state index in [0.717, 1.165) is 47.3 Å². The van der Waals surface area contributed by atoms with Crippen LogP contribution in [0.25, 0.3) is 27.7 Å². The van der Waals surface area contributed by atoms with Crippen LogP contribution < -0.4 is 4.74 Å². The summed E-state index contributed by atoms with van der Waals surface area (Å²) in [6, 6.07) is 20.6. The molecule has 1 aliphatic rings. The van der Waals surface area contributed by atoms with Gasteiger partial charge < -0.3 is 14.1 Å². The SMILES string of the molecule is CCOc1cc2occ(-c3ccc(F)cc3)c2cc1/C(C)=C/C(=O)N1CCN(Cc2ccccc2)CC1. The Labute approximate surface area is 216 Å². The van der Waals surface area contributed by atoms with E-state index >= 15 is 0 Å². The lowest BCUT2D eigenvalue weighted by Crippen LogP contribution is -2.47. The van der Waals surface area contributed by atoms with E-state index in [9.17, 15) is 9.18 Å². The highest BCUT2D eigenvalue weighted by Crippen LogP contribution is 2.37. The molecular formula is C31H31FN2O3. The molecule has 0 aliphatic carbocycles. The predicted molar refractivity (Wildman–Crippen MR) is 145 cm³/mol. The van der Waals surface area contributed by atoms with Gasteiger partial charge in [0.1, 0.15) is 17.1 Å². The van der Waals surface area contributed by atoms with Crippen LogP contribution in [-0.2, 0) is 11.3 Å². The van der Waals surface area contributed by atoms with Crippen LogP contribution in [0.5, 0.6) is 5.75 Å². The van der Waals surface area contributed by atoms with Gasteiger partial charge in [-0.3, -0.25) is 9.69 Å². The van der Waals surface area contributed by atoms with Gasteiger partial charge in [0, 0.05) is 61.4 Å². The summed E-state index contributed by atoms with van der Waals surface area (Å²) in [6.45, 7) is 8.35. The summed E-state index contributed by atoms with van der Waals surface area (Å²) in [5.74, 6) is 0.392. The van der Waals surface area contributed by atoms with Crippen molar-refractivity contribution in [2.75, 3.05) is 32.8 Å². The Balaban J connectivity index is 1.35. The van der Waals surface area contributed by atoms with E-state index in [2.05, 4.69) is 29.2 Å². The van der Waals surface area contributed by atoms with Crippen molar-refractivity contribution in [1.82, 2.24) is 9.80 Å². The average molecular weight is 499 g/mol. The highest BCUT2D eigenvalue weighted by Gasteiger charge is 2.21. The van der Waals surface area contributed by atoms with E-state index < -0.39 is 0 Å². The van der Waals surface area contributed by atoms with Gasteiger partial charge in [-0.1, -0.05) is 42.5 Å². The molecule has 1 aromatic heterocycles. The van der Waals surface area contributed by atoms with Crippen molar-refractivity contribution in [2.24, 2.45) is 0 Å². The third kappa shape index (κ3) is 5.59. The number of carbonyl (C=O) groups is 1. The first-order valence-electron chi connectivity index (χ1n) is 12.7. The maximum Gasteiger partial charge on any atom is 0.246 e. The zero-order chi connectivity index (χ0) is 25.8. The second-order valence-corrected chi connectivity index (χ2v) is 9.35. The standard InChI is InChI=1S/C31H31FN2O3/c1-3-36-29-19-30-27(28(21-37-30)24-9-11-25(32)12-10-24)18-26(29)22(2)17-31(35)34-15-13-33(14-16-34)20-23-7-5-4-6-8-23/h4-12,17-19,21H,3,13-16,20H2,1-2H3/b22-17+. The summed E-state index contributed by atoms with van der Waals surface area (Å²) < 4.78 is 25.2.